The Morgan fingerprint density at radius 1 is 0.947 bits per heavy atom. The van der Waals surface area contributed by atoms with Gasteiger partial charge in [-0.25, -0.2) is 4.57 Å². The van der Waals surface area contributed by atoms with E-state index in [0.29, 0.717) is 0 Å². The Labute approximate surface area is 117 Å². The van der Waals surface area contributed by atoms with Crippen molar-refractivity contribution in [1.29, 1.82) is 0 Å². The summed E-state index contributed by atoms with van der Waals surface area (Å²) in [5.41, 5.74) is 8.56. The Bertz CT molecular complexity index is 667. The van der Waals surface area contributed by atoms with Crippen LogP contribution in [0.15, 0.2) is 0 Å². The molecule has 2 rings (SSSR count). The number of hydrogen-bond acceptors (Lipinski definition) is 0. The van der Waals surface area contributed by atoms with Crippen LogP contribution in [0.5, 0.6) is 0 Å². The van der Waals surface area contributed by atoms with Crippen LogP contribution in [-0.4, -0.2) is 4.57 Å². The van der Waals surface area contributed by atoms with Crippen molar-refractivity contribution in [3.63, 3.8) is 0 Å². The van der Waals surface area contributed by atoms with E-state index >= 15 is 0 Å². The topological polar surface area (TPSA) is 8.81 Å². The van der Waals surface area contributed by atoms with Gasteiger partial charge in [-0.1, -0.05) is 20.8 Å². The van der Waals surface area contributed by atoms with Gasteiger partial charge in [0.2, 0.25) is 5.69 Å². The van der Waals surface area contributed by atoms with Crippen molar-refractivity contribution in [1.82, 2.24) is 4.57 Å². The number of fused-ring (bicyclic) bond motifs is 1. The predicted molar refractivity (Wildman–Crippen MR) is 81.7 cm³/mol. The molecule has 2 nitrogen and oxygen atoms in total. The van der Waals surface area contributed by atoms with Gasteiger partial charge in [0.15, 0.2) is 5.69 Å². The zero-order valence-corrected chi connectivity index (χ0v) is 13.9. The third-order valence-corrected chi connectivity index (χ3v) is 4.70. The number of nitrogens with zero attached hydrogens (tertiary/aromatic N) is 2. The van der Waals surface area contributed by atoms with Gasteiger partial charge < -0.3 is 4.57 Å². The molecule has 0 aromatic carbocycles. The number of aromatic nitrogens is 2. The van der Waals surface area contributed by atoms with E-state index < -0.39 is 0 Å². The molecule has 0 fully saturated rings. The lowest BCUT2D eigenvalue weighted by Crippen LogP contribution is -2.37. The van der Waals surface area contributed by atoms with Crippen LogP contribution >= 0.6 is 0 Å². The Kier molecular flexibility index (Phi) is 3.04. The molecule has 2 aromatic rings. The molecule has 0 aliphatic heterocycles. The molecule has 0 saturated carbocycles. The van der Waals surface area contributed by atoms with Crippen LogP contribution in [0.1, 0.15) is 49.0 Å². The van der Waals surface area contributed by atoms with E-state index in [1.165, 1.54) is 39.1 Å². The summed E-state index contributed by atoms with van der Waals surface area (Å²) in [7, 11) is 4.35. The molecule has 0 amide bonds. The van der Waals surface area contributed by atoms with Gasteiger partial charge in [-0.15, -0.1) is 0 Å². The van der Waals surface area contributed by atoms with Gasteiger partial charge in [-0.3, -0.25) is 0 Å². The lowest BCUT2D eigenvalue weighted by Gasteiger charge is -2.20. The van der Waals surface area contributed by atoms with E-state index in [-0.39, 0.29) is 5.41 Å². The summed E-state index contributed by atoms with van der Waals surface area (Å²) in [6.07, 6.45) is 0. The van der Waals surface area contributed by atoms with Crippen LogP contribution in [0, 0.1) is 27.7 Å². The normalized spacial score (nSPS) is 12.5. The molecule has 0 atom stereocenters. The van der Waals surface area contributed by atoms with Crippen LogP contribution in [0.4, 0.5) is 0 Å². The van der Waals surface area contributed by atoms with Crippen molar-refractivity contribution in [2.45, 2.75) is 53.9 Å². The molecule has 0 saturated heterocycles. The molecule has 2 heterocycles. The SMILES string of the molecule is Cc1c(C)[n+](C)c(C)c2c1c(C(C)(C)C)c(C)n2C. The maximum Gasteiger partial charge on any atom is 0.202 e. The lowest BCUT2D eigenvalue weighted by atomic mass is 9.83. The highest BCUT2D eigenvalue weighted by Crippen LogP contribution is 2.37. The van der Waals surface area contributed by atoms with Crippen molar-refractivity contribution < 1.29 is 4.57 Å². The fourth-order valence-electron chi connectivity index (χ4n) is 3.35. The zero-order valence-electron chi connectivity index (χ0n) is 13.9. The first-order valence-corrected chi connectivity index (χ1v) is 7.04. The third kappa shape index (κ3) is 1.80. The minimum Gasteiger partial charge on any atom is -0.343 e. The molecule has 0 radical (unpaired) electrons. The number of rotatable bonds is 0. The van der Waals surface area contributed by atoms with E-state index in [4.69, 9.17) is 0 Å². The molecule has 0 aliphatic rings. The summed E-state index contributed by atoms with van der Waals surface area (Å²) >= 11 is 0. The first-order chi connectivity index (χ1) is 8.59. The van der Waals surface area contributed by atoms with E-state index in [9.17, 15) is 0 Å². The Morgan fingerprint density at radius 3 is 1.95 bits per heavy atom. The first kappa shape index (κ1) is 14.1. The maximum absolute atomic E-state index is 2.36. The minimum absolute atomic E-state index is 0.174. The molecule has 104 valence electrons. The molecule has 2 heteroatoms. The minimum atomic E-state index is 0.174. The second-order valence-electron chi connectivity index (χ2n) is 6.85. The van der Waals surface area contributed by atoms with Crippen LogP contribution < -0.4 is 4.57 Å². The number of aryl methyl sites for hydroxylation is 3. The van der Waals surface area contributed by atoms with E-state index in [1.54, 1.807) is 0 Å². The van der Waals surface area contributed by atoms with Crippen LogP contribution in [0.25, 0.3) is 10.9 Å². The summed E-state index contributed by atoms with van der Waals surface area (Å²) in [6.45, 7) is 15.9. The van der Waals surface area contributed by atoms with E-state index in [2.05, 4.69) is 71.7 Å². The molecule has 2 aromatic heterocycles. The van der Waals surface area contributed by atoms with Gasteiger partial charge in [0.05, 0.1) is 0 Å². The van der Waals surface area contributed by atoms with Gasteiger partial charge >= 0.3 is 0 Å². The molecule has 0 spiro atoms. The largest absolute Gasteiger partial charge is 0.343 e. The molecule has 19 heavy (non-hydrogen) atoms. The van der Waals surface area contributed by atoms with Crippen LogP contribution in [0.3, 0.4) is 0 Å². The Balaban J connectivity index is 3.14. The van der Waals surface area contributed by atoms with Crippen LogP contribution in [0.2, 0.25) is 0 Å². The Hall–Kier alpha value is -1.31. The van der Waals surface area contributed by atoms with Crippen molar-refractivity contribution in [2.75, 3.05) is 0 Å². The highest BCUT2D eigenvalue weighted by Gasteiger charge is 2.29. The highest BCUT2D eigenvalue weighted by atomic mass is 15.0. The average molecular weight is 259 g/mol. The molecular formula is C17H27N2+. The molecule has 0 unspecified atom stereocenters. The monoisotopic (exact) mass is 259 g/mol. The van der Waals surface area contributed by atoms with Crippen molar-refractivity contribution in [2.24, 2.45) is 14.1 Å². The van der Waals surface area contributed by atoms with Crippen molar-refractivity contribution >= 4 is 10.9 Å². The molecule has 0 bridgehead atoms. The maximum atomic E-state index is 2.36. The smallest absolute Gasteiger partial charge is 0.202 e. The number of hydrogen-bond donors (Lipinski definition) is 0. The summed E-state index contributed by atoms with van der Waals surface area (Å²) < 4.78 is 4.67. The second kappa shape index (κ2) is 4.09. The lowest BCUT2D eigenvalue weighted by molar-refractivity contribution is -0.682. The van der Waals surface area contributed by atoms with E-state index in [1.807, 2.05) is 0 Å². The van der Waals surface area contributed by atoms with Crippen molar-refractivity contribution in [3.8, 4) is 0 Å². The van der Waals surface area contributed by atoms with Crippen molar-refractivity contribution in [3.05, 3.63) is 28.2 Å². The number of pyridine rings is 1. The van der Waals surface area contributed by atoms with Gasteiger partial charge in [0.1, 0.15) is 12.6 Å². The quantitative estimate of drug-likeness (QED) is 0.640. The average Bonchev–Trinajstić information content (AvgIpc) is 2.57. The molecular weight excluding hydrogens is 232 g/mol. The fourth-order valence-corrected chi connectivity index (χ4v) is 3.35. The van der Waals surface area contributed by atoms with Gasteiger partial charge in [-0.05, 0) is 24.8 Å². The predicted octanol–water partition coefficient (Wildman–Crippen LogP) is 3.53. The van der Waals surface area contributed by atoms with E-state index in [0.717, 1.165) is 0 Å². The van der Waals surface area contributed by atoms with Gasteiger partial charge in [0, 0.05) is 37.5 Å². The molecule has 0 aliphatic carbocycles. The first-order valence-electron chi connectivity index (χ1n) is 7.04. The zero-order chi connectivity index (χ0) is 14.7. The van der Waals surface area contributed by atoms with Crippen LogP contribution in [-0.2, 0) is 19.5 Å². The summed E-state index contributed by atoms with van der Waals surface area (Å²) in [5.74, 6) is 0. The van der Waals surface area contributed by atoms with Gasteiger partial charge in [-0.2, -0.15) is 0 Å². The summed E-state index contributed by atoms with van der Waals surface area (Å²) in [5, 5.41) is 1.46. The molecule has 0 N–H and O–H groups in total. The van der Waals surface area contributed by atoms with Gasteiger partial charge in [0.25, 0.3) is 0 Å². The summed E-state index contributed by atoms with van der Waals surface area (Å²) in [6, 6.07) is 0. The third-order valence-electron chi connectivity index (χ3n) is 4.70. The second-order valence-corrected chi connectivity index (χ2v) is 6.85. The summed E-state index contributed by atoms with van der Waals surface area (Å²) in [4.78, 5) is 0. The standard InChI is InChI=1S/C17H27N2/c1-10-11(2)18(8)13(4)16-14(10)15(17(5,6)7)12(3)19(16)9/h1-9H3/q+1. The fraction of sp³-hybridized carbons (Fsp3) is 0.588. The Morgan fingerprint density at radius 2 is 1.47 bits per heavy atom. The highest BCUT2D eigenvalue weighted by molar-refractivity contribution is 5.90.